The van der Waals surface area contributed by atoms with E-state index in [1.807, 2.05) is 30.3 Å². The average Bonchev–Trinajstić information content (AvgIpc) is 2.60. The Balaban J connectivity index is 1.87. The Morgan fingerprint density at radius 1 is 1.08 bits per heavy atom. The highest BCUT2D eigenvalue weighted by molar-refractivity contribution is 5.98. The third kappa shape index (κ3) is 5.72. The van der Waals surface area contributed by atoms with Crippen molar-refractivity contribution in [2.45, 2.75) is 13.5 Å². The molecule has 0 aliphatic heterocycles. The smallest absolute Gasteiger partial charge is 0.325 e. The highest BCUT2D eigenvalue weighted by Gasteiger charge is 2.12. The van der Waals surface area contributed by atoms with Gasteiger partial charge in [-0.05, 0) is 23.8 Å². The molecule has 0 saturated carbocycles. The van der Waals surface area contributed by atoms with Crippen LogP contribution in [-0.2, 0) is 20.9 Å². The zero-order valence-electron chi connectivity index (χ0n) is 13.5. The minimum absolute atomic E-state index is 0.105. The summed E-state index contributed by atoms with van der Waals surface area (Å²) in [5.74, 6) is -2.29. The van der Waals surface area contributed by atoms with Crippen LogP contribution >= 0.6 is 0 Å². The van der Waals surface area contributed by atoms with E-state index in [-0.39, 0.29) is 24.4 Å². The molecule has 7 heteroatoms. The first kappa shape index (κ1) is 18.1. The van der Waals surface area contributed by atoms with E-state index in [1.165, 1.54) is 19.1 Å². The van der Waals surface area contributed by atoms with E-state index in [0.29, 0.717) is 0 Å². The zero-order valence-corrected chi connectivity index (χ0v) is 13.5. The van der Waals surface area contributed by atoms with E-state index in [2.05, 4.69) is 10.6 Å². The van der Waals surface area contributed by atoms with Crippen molar-refractivity contribution >= 4 is 23.5 Å². The Labute approximate surface area is 144 Å². The van der Waals surface area contributed by atoms with Crippen LogP contribution in [0, 0.1) is 5.82 Å². The van der Waals surface area contributed by atoms with Gasteiger partial charge in [0.25, 0.3) is 5.91 Å². The summed E-state index contributed by atoms with van der Waals surface area (Å²) in [6.07, 6.45) is 0. The molecule has 0 saturated heterocycles. The van der Waals surface area contributed by atoms with Gasteiger partial charge >= 0.3 is 5.97 Å². The number of rotatable bonds is 6. The molecule has 0 aliphatic carbocycles. The van der Waals surface area contributed by atoms with E-state index in [0.717, 1.165) is 11.6 Å². The number of hydrogen-bond acceptors (Lipinski definition) is 4. The molecule has 0 heterocycles. The Bertz CT molecular complexity index is 778. The van der Waals surface area contributed by atoms with Gasteiger partial charge in [-0.1, -0.05) is 30.3 Å². The molecule has 6 nitrogen and oxygen atoms in total. The van der Waals surface area contributed by atoms with Gasteiger partial charge in [0.15, 0.2) is 0 Å². The Morgan fingerprint density at radius 3 is 2.48 bits per heavy atom. The third-order valence-corrected chi connectivity index (χ3v) is 3.18. The Morgan fingerprint density at radius 2 is 1.80 bits per heavy atom. The molecule has 2 amide bonds. The monoisotopic (exact) mass is 344 g/mol. The van der Waals surface area contributed by atoms with E-state index in [9.17, 15) is 18.8 Å². The van der Waals surface area contributed by atoms with Crippen LogP contribution in [0.2, 0.25) is 0 Å². The van der Waals surface area contributed by atoms with E-state index >= 15 is 0 Å². The third-order valence-electron chi connectivity index (χ3n) is 3.18. The average molecular weight is 344 g/mol. The molecule has 0 fully saturated rings. The van der Waals surface area contributed by atoms with Gasteiger partial charge in [0.2, 0.25) is 5.91 Å². The quantitative estimate of drug-likeness (QED) is 0.787. The van der Waals surface area contributed by atoms with E-state index < -0.39 is 23.6 Å². The molecule has 130 valence electrons. The number of hydrogen-bond donors (Lipinski definition) is 2. The maximum Gasteiger partial charge on any atom is 0.325 e. The van der Waals surface area contributed by atoms with Gasteiger partial charge in [0, 0.05) is 12.5 Å². The van der Waals surface area contributed by atoms with Crippen LogP contribution in [0.1, 0.15) is 22.8 Å². The molecule has 0 bridgehead atoms. The normalized spacial score (nSPS) is 10.0. The van der Waals surface area contributed by atoms with Crippen LogP contribution in [0.4, 0.5) is 10.1 Å². The van der Waals surface area contributed by atoms with Gasteiger partial charge in [0.1, 0.15) is 19.0 Å². The fraction of sp³-hybridized carbons (Fsp3) is 0.167. The molecule has 2 aromatic carbocycles. The van der Waals surface area contributed by atoms with Crippen molar-refractivity contribution in [3.05, 3.63) is 65.5 Å². The molecule has 2 rings (SSSR count). The van der Waals surface area contributed by atoms with Gasteiger partial charge in [0.05, 0.1) is 5.69 Å². The standard InChI is InChI=1S/C18H17FN2O4/c1-12(22)21-16-9-14(7-8-15(16)19)18(24)20-10-17(23)25-11-13-5-3-2-4-6-13/h2-9H,10-11H2,1H3,(H,20,24)(H,21,22). The van der Waals surface area contributed by atoms with E-state index in [4.69, 9.17) is 4.74 Å². The fourth-order valence-corrected chi connectivity index (χ4v) is 2.00. The number of carbonyl (C=O) groups is 3. The van der Waals surface area contributed by atoms with Gasteiger partial charge in [-0.2, -0.15) is 0 Å². The molecule has 25 heavy (non-hydrogen) atoms. The van der Waals surface area contributed by atoms with Crippen LogP contribution in [0.3, 0.4) is 0 Å². The van der Waals surface area contributed by atoms with Crippen molar-refractivity contribution in [3.63, 3.8) is 0 Å². The molecule has 0 atom stereocenters. The Kier molecular flexibility index (Phi) is 6.22. The summed E-state index contributed by atoms with van der Waals surface area (Å²) in [5, 5.41) is 4.67. The minimum Gasteiger partial charge on any atom is -0.460 e. The number of anilines is 1. The first-order chi connectivity index (χ1) is 12.0. The lowest BCUT2D eigenvalue weighted by atomic mass is 10.1. The predicted molar refractivity (Wildman–Crippen MR) is 89.3 cm³/mol. The second-order valence-corrected chi connectivity index (χ2v) is 5.20. The molecule has 2 N–H and O–H groups in total. The second-order valence-electron chi connectivity index (χ2n) is 5.20. The molecular formula is C18H17FN2O4. The SMILES string of the molecule is CC(=O)Nc1cc(C(=O)NCC(=O)OCc2ccccc2)ccc1F. The minimum atomic E-state index is -0.658. The van der Waals surface area contributed by atoms with Gasteiger partial charge in [-0.25, -0.2) is 4.39 Å². The highest BCUT2D eigenvalue weighted by Crippen LogP contribution is 2.16. The topological polar surface area (TPSA) is 84.5 Å². The van der Waals surface area contributed by atoms with Gasteiger partial charge < -0.3 is 15.4 Å². The van der Waals surface area contributed by atoms with Crippen LogP contribution in [0.5, 0.6) is 0 Å². The number of halogens is 1. The summed E-state index contributed by atoms with van der Waals surface area (Å²) in [6.45, 7) is 1.02. The number of esters is 1. The molecule has 0 aliphatic rings. The van der Waals surface area contributed by atoms with Crippen molar-refractivity contribution in [1.29, 1.82) is 0 Å². The number of amides is 2. The maximum atomic E-state index is 13.5. The van der Waals surface area contributed by atoms with E-state index in [1.54, 1.807) is 0 Å². The van der Waals surface area contributed by atoms with Crippen molar-refractivity contribution in [3.8, 4) is 0 Å². The van der Waals surface area contributed by atoms with Crippen molar-refractivity contribution in [1.82, 2.24) is 5.32 Å². The first-order valence-corrected chi connectivity index (χ1v) is 7.50. The Hall–Kier alpha value is -3.22. The van der Waals surface area contributed by atoms with Crippen LogP contribution in [0.25, 0.3) is 0 Å². The maximum absolute atomic E-state index is 13.5. The molecule has 2 aromatic rings. The predicted octanol–water partition coefficient (Wildman–Crippen LogP) is 2.26. The number of ether oxygens (including phenoxy) is 1. The van der Waals surface area contributed by atoms with Crippen molar-refractivity contribution in [2.24, 2.45) is 0 Å². The summed E-state index contributed by atoms with van der Waals surface area (Å²) in [4.78, 5) is 34.7. The van der Waals surface area contributed by atoms with Crippen molar-refractivity contribution in [2.75, 3.05) is 11.9 Å². The first-order valence-electron chi connectivity index (χ1n) is 7.50. The zero-order chi connectivity index (χ0) is 18.2. The van der Waals surface area contributed by atoms with Gasteiger partial charge in [-0.15, -0.1) is 0 Å². The molecule has 0 radical (unpaired) electrons. The number of benzene rings is 2. The van der Waals surface area contributed by atoms with Crippen LogP contribution in [0.15, 0.2) is 48.5 Å². The fourth-order valence-electron chi connectivity index (χ4n) is 2.00. The van der Waals surface area contributed by atoms with Crippen LogP contribution < -0.4 is 10.6 Å². The summed E-state index contributed by atoms with van der Waals surface area (Å²) in [6, 6.07) is 12.6. The number of nitrogens with one attached hydrogen (secondary N) is 2. The van der Waals surface area contributed by atoms with Gasteiger partial charge in [-0.3, -0.25) is 14.4 Å². The highest BCUT2D eigenvalue weighted by atomic mass is 19.1. The summed E-state index contributed by atoms with van der Waals surface area (Å²) < 4.78 is 18.6. The molecule has 0 aromatic heterocycles. The lowest BCUT2D eigenvalue weighted by Crippen LogP contribution is -2.30. The largest absolute Gasteiger partial charge is 0.460 e. The summed E-state index contributed by atoms with van der Waals surface area (Å²) in [7, 11) is 0. The van der Waals surface area contributed by atoms with Crippen LogP contribution in [-0.4, -0.2) is 24.3 Å². The summed E-state index contributed by atoms with van der Waals surface area (Å²) in [5.41, 5.74) is 0.841. The molecule has 0 spiro atoms. The second kappa shape index (κ2) is 8.58. The lowest BCUT2D eigenvalue weighted by molar-refractivity contribution is -0.143. The lowest BCUT2D eigenvalue weighted by Gasteiger charge is -2.09. The molecule has 0 unspecified atom stereocenters. The number of carbonyl (C=O) groups excluding carboxylic acids is 3. The molecular weight excluding hydrogens is 327 g/mol. The van der Waals surface area contributed by atoms with Crippen molar-refractivity contribution < 1.29 is 23.5 Å². The summed E-state index contributed by atoms with van der Waals surface area (Å²) >= 11 is 0.